The van der Waals surface area contributed by atoms with E-state index in [9.17, 15) is 0 Å². The van der Waals surface area contributed by atoms with E-state index >= 15 is 19.2 Å². The van der Waals surface area contributed by atoms with E-state index in [1.807, 2.05) is 43.9 Å². The Labute approximate surface area is 673 Å². The number of amides is 4. The standard InChI is InChI=1S/C96H144N4O6S3/c1-9-17-25-33-37-45-55-73(51-41-29-21-13-5)69-97-89(85-87(95(97)103)91(83-59-49-67-107-83)99(93(85)101)71-75(53-43-31-23-15-7)57-47-39-35-27-19-11-3)79-63-61-77(105-79)81-65-66-82(109-81)78-62-64-80(106-78)90-86-88(96(104)98(90)70-74(52-42-30-22-14-6)56-46-38-34-26-18-10-2)92(84-60-50-68-108-84)100(94(86)102)72-76(54-44-32-24-16-8)58-48-40-36-28-20-12-4/h49-50,59-68,73-76H,9-48,51-58,69-72H2,1-8H3. The summed E-state index contributed by atoms with van der Waals surface area (Å²) in [4.78, 5) is 75.8. The Morgan fingerprint density at radius 1 is 0.257 bits per heavy atom. The zero-order valence-electron chi connectivity index (χ0n) is 69.5. The fraction of sp³-hybridized carbons (Fsp3) is 0.667. The van der Waals surface area contributed by atoms with Crippen LogP contribution in [0.2, 0.25) is 0 Å². The summed E-state index contributed by atoms with van der Waals surface area (Å²) >= 11 is 4.83. The lowest BCUT2D eigenvalue weighted by Crippen LogP contribution is -2.34. The van der Waals surface area contributed by atoms with Crippen molar-refractivity contribution in [3.8, 4) is 21.3 Å². The molecule has 0 saturated heterocycles. The Balaban J connectivity index is 1.09. The molecule has 4 atom stereocenters. The summed E-state index contributed by atoms with van der Waals surface area (Å²) in [5, 5.41) is 4.17. The minimum absolute atomic E-state index is 0.0760. The maximum Gasteiger partial charge on any atom is 0.261 e. The quantitative estimate of drug-likeness (QED) is 0.0359. The van der Waals surface area contributed by atoms with Gasteiger partial charge in [0, 0.05) is 26.2 Å². The molecule has 5 aromatic heterocycles. The van der Waals surface area contributed by atoms with Gasteiger partial charge in [-0.2, -0.15) is 0 Å². The van der Waals surface area contributed by atoms with E-state index in [0.717, 1.165) is 134 Å². The van der Waals surface area contributed by atoms with Gasteiger partial charge in [0.2, 0.25) is 0 Å². The largest absolute Gasteiger partial charge is 0.454 e. The maximum absolute atomic E-state index is 16.0. The van der Waals surface area contributed by atoms with Gasteiger partial charge < -0.3 is 28.4 Å². The molecule has 109 heavy (non-hydrogen) atoms. The predicted octanol–water partition coefficient (Wildman–Crippen LogP) is 29.4. The Morgan fingerprint density at radius 2 is 0.477 bits per heavy atom. The number of nitrogens with zero attached hydrogens (tertiary/aromatic N) is 4. The third kappa shape index (κ3) is 25.0. The molecule has 0 aromatic carbocycles. The molecule has 4 unspecified atom stereocenters. The topological polar surface area (TPSA) is 108 Å². The second kappa shape index (κ2) is 48.5. The normalized spacial score (nSPS) is 15.9. The summed E-state index contributed by atoms with van der Waals surface area (Å²) in [6.07, 6.45) is 56.7. The molecule has 4 amide bonds. The molecule has 13 heteroatoms. The van der Waals surface area contributed by atoms with Gasteiger partial charge in [0.1, 0.15) is 22.9 Å². The van der Waals surface area contributed by atoms with Gasteiger partial charge in [-0.05, 0) is 134 Å². The highest BCUT2D eigenvalue weighted by Crippen LogP contribution is 2.52. The molecule has 0 bridgehead atoms. The number of rotatable bonds is 62. The van der Waals surface area contributed by atoms with Crippen molar-refractivity contribution in [2.24, 2.45) is 23.7 Å². The molecule has 0 fully saturated rings. The minimum Gasteiger partial charge on any atom is -0.454 e. The van der Waals surface area contributed by atoms with Gasteiger partial charge in [-0.3, -0.25) is 19.2 Å². The lowest BCUT2D eigenvalue weighted by molar-refractivity contribution is -0.124. The highest BCUT2D eigenvalue weighted by molar-refractivity contribution is 7.18. The van der Waals surface area contributed by atoms with Crippen molar-refractivity contribution in [3.63, 3.8) is 0 Å². The maximum atomic E-state index is 16.0. The Hall–Kier alpha value is -5.50. The Kier molecular flexibility index (Phi) is 38.9. The summed E-state index contributed by atoms with van der Waals surface area (Å²) in [5.41, 5.74) is 4.89. The Morgan fingerprint density at radius 3 is 0.725 bits per heavy atom. The third-order valence-electron chi connectivity index (χ3n) is 24.1. The highest BCUT2D eigenvalue weighted by atomic mass is 32.1. The Bertz CT molecular complexity index is 3380. The van der Waals surface area contributed by atoms with E-state index in [1.165, 1.54) is 205 Å². The SMILES string of the molecule is CCCCCCCCC(CCCCCC)CN1C(=O)C2=C(c3cccs3)N(CC(CCCCCC)CCCCCCCC)C(=O)C2=C1c1ccc(-c2ccc(-c3ccc(C4=C5C(=O)N(CC(CCCCCC)CCCCCCCC)C(c6cccs6)=C5C(=O)N4CC(CCCCCC)CCCCCCCC)o3)s2)o1. The average Bonchev–Trinajstić information content (AvgIpc) is 1.56. The van der Waals surface area contributed by atoms with Gasteiger partial charge in [0.05, 0.1) is 53.2 Å². The number of hydrogen-bond donors (Lipinski definition) is 0. The van der Waals surface area contributed by atoms with Crippen LogP contribution in [0.1, 0.15) is 385 Å². The molecular weight excluding hydrogens is 1400 g/mol. The van der Waals surface area contributed by atoms with Crippen LogP contribution in [0.25, 0.3) is 44.1 Å². The first-order chi connectivity index (χ1) is 53.5. The highest BCUT2D eigenvalue weighted by Gasteiger charge is 2.52. The summed E-state index contributed by atoms with van der Waals surface area (Å²) in [7, 11) is 0. The number of carbonyl (C=O) groups is 4. The zero-order valence-corrected chi connectivity index (χ0v) is 71.9. The first-order valence-corrected chi connectivity index (χ1v) is 47.7. The van der Waals surface area contributed by atoms with E-state index in [4.69, 9.17) is 8.83 Å². The van der Waals surface area contributed by atoms with Gasteiger partial charge in [0.15, 0.2) is 11.5 Å². The van der Waals surface area contributed by atoms with Crippen LogP contribution < -0.4 is 0 Å². The fourth-order valence-corrected chi connectivity index (χ4v) is 20.3. The summed E-state index contributed by atoms with van der Waals surface area (Å²) < 4.78 is 14.3. The van der Waals surface area contributed by atoms with Crippen LogP contribution in [0.3, 0.4) is 0 Å². The van der Waals surface area contributed by atoms with Crippen LogP contribution in [0, 0.1) is 23.7 Å². The molecule has 4 aliphatic rings. The van der Waals surface area contributed by atoms with Crippen molar-refractivity contribution in [2.75, 3.05) is 26.2 Å². The molecular formula is C96H144N4O6S3. The van der Waals surface area contributed by atoms with Crippen molar-refractivity contribution in [1.82, 2.24) is 19.6 Å². The number of carbonyl (C=O) groups excluding carboxylic acids is 4. The van der Waals surface area contributed by atoms with Gasteiger partial charge in [0.25, 0.3) is 23.6 Å². The zero-order chi connectivity index (χ0) is 77.0. The van der Waals surface area contributed by atoms with Crippen molar-refractivity contribution >= 4 is 80.4 Å². The van der Waals surface area contributed by atoms with Crippen LogP contribution in [-0.2, 0) is 19.2 Å². The van der Waals surface area contributed by atoms with Gasteiger partial charge in [-0.25, -0.2) is 0 Å². The van der Waals surface area contributed by atoms with E-state index in [-0.39, 0.29) is 35.5 Å². The minimum atomic E-state index is -0.0760. The predicted molar refractivity (Wildman–Crippen MR) is 464 cm³/mol. The molecule has 4 aliphatic heterocycles. The van der Waals surface area contributed by atoms with E-state index in [1.54, 1.807) is 34.0 Å². The molecule has 9 rings (SSSR count). The van der Waals surface area contributed by atoms with Crippen LogP contribution in [0.4, 0.5) is 0 Å². The molecule has 0 N–H and O–H groups in total. The molecule has 0 spiro atoms. The summed E-state index contributed by atoms with van der Waals surface area (Å²) in [6, 6.07) is 20.6. The lowest BCUT2D eigenvalue weighted by atomic mass is 9.93. The number of thiophene rings is 3. The molecule has 0 saturated carbocycles. The molecule has 10 nitrogen and oxygen atoms in total. The monoisotopic (exact) mass is 1550 g/mol. The van der Waals surface area contributed by atoms with Gasteiger partial charge >= 0.3 is 0 Å². The van der Waals surface area contributed by atoms with E-state index < -0.39 is 0 Å². The van der Waals surface area contributed by atoms with Crippen LogP contribution in [0.15, 0.2) is 103 Å². The lowest BCUT2D eigenvalue weighted by Gasteiger charge is -2.29. The van der Waals surface area contributed by atoms with Gasteiger partial charge in [-0.15, -0.1) is 34.0 Å². The second-order valence-electron chi connectivity index (χ2n) is 33.1. The molecule has 9 heterocycles. The first-order valence-electron chi connectivity index (χ1n) is 45.2. The fourth-order valence-electron chi connectivity index (χ4n) is 17.8. The van der Waals surface area contributed by atoms with Crippen molar-refractivity contribution in [3.05, 3.63) is 115 Å². The summed E-state index contributed by atoms with van der Waals surface area (Å²) in [5.74, 6) is 3.30. The van der Waals surface area contributed by atoms with Crippen LogP contribution in [-0.4, -0.2) is 69.4 Å². The molecule has 5 aromatic rings. The van der Waals surface area contributed by atoms with Crippen LogP contribution in [0.5, 0.6) is 0 Å². The first kappa shape index (κ1) is 87.5. The van der Waals surface area contributed by atoms with E-state index in [0.29, 0.717) is 94.7 Å². The van der Waals surface area contributed by atoms with Crippen LogP contribution >= 0.6 is 34.0 Å². The molecule has 0 aliphatic carbocycles. The summed E-state index contributed by atoms with van der Waals surface area (Å²) in [6.45, 7) is 20.5. The number of fused-ring (bicyclic) bond motifs is 2. The van der Waals surface area contributed by atoms with Crippen molar-refractivity contribution in [2.45, 2.75) is 364 Å². The van der Waals surface area contributed by atoms with Gasteiger partial charge in [-0.1, -0.05) is 324 Å². The van der Waals surface area contributed by atoms with Crippen molar-refractivity contribution in [1.29, 1.82) is 0 Å². The molecule has 0 radical (unpaired) electrons. The van der Waals surface area contributed by atoms with E-state index in [2.05, 4.69) is 103 Å². The van der Waals surface area contributed by atoms with Crippen molar-refractivity contribution < 1.29 is 28.0 Å². The number of unbranched alkanes of at least 4 members (excludes halogenated alkanes) is 32. The second-order valence-corrected chi connectivity index (χ2v) is 36.1. The smallest absolute Gasteiger partial charge is 0.261 e. The molecule has 602 valence electrons. The number of furan rings is 2. The average molecular weight is 1550 g/mol. The third-order valence-corrected chi connectivity index (χ3v) is 27.0. The number of hydrogen-bond acceptors (Lipinski definition) is 9.